The molecule has 3 N–H and O–H groups in total. The molecular formula is C16H12F3N3O2. The summed E-state index contributed by atoms with van der Waals surface area (Å²) in [6.07, 6.45) is -1.54. The van der Waals surface area contributed by atoms with Crippen molar-refractivity contribution in [3.05, 3.63) is 54.5 Å². The third-order valence-corrected chi connectivity index (χ3v) is 3.35. The number of fused-ring (bicyclic) bond motifs is 1. The normalized spacial score (nSPS) is 13.0. The molecule has 0 aliphatic heterocycles. The van der Waals surface area contributed by atoms with Crippen molar-refractivity contribution in [3.63, 3.8) is 0 Å². The van der Waals surface area contributed by atoms with Crippen molar-refractivity contribution >= 4 is 10.9 Å². The Labute approximate surface area is 134 Å². The molecule has 0 saturated carbocycles. The summed E-state index contributed by atoms with van der Waals surface area (Å²) in [6.45, 7) is 0. The van der Waals surface area contributed by atoms with Gasteiger partial charge in [0.1, 0.15) is 12.0 Å². The molecule has 0 saturated heterocycles. The van der Waals surface area contributed by atoms with Gasteiger partial charge in [-0.1, -0.05) is 12.1 Å². The number of aliphatic hydroxyl groups is 1. The van der Waals surface area contributed by atoms with Gasteiger partial charge >= 0.3 is 6.36 Å². The second kappa shape index (κ2) is 6.06. The van der Waals surface area contributed by atoms with E-state index in [1.165, 1.54) is 36.8 Å². The van der Waals surface area contributed by atoms with Crippen LogP contribution in [0.1, 0.15) is 11.8 Å². The first-order chi connectivity index (χ1) is 11.3. The molecule has 2 heterocycles. The van der Waals surface area contributed by atoms with E-state index in [0.29, 0.717) is 27.6 Å². The lowest BCUT2D eigenvalue weighted by Crippen LogP contribution is -2.17. The van der Waals surface area contributed by atoms with Crippen molar-refractivity contribution in [1.82, 2.24) is 9.97 Å². The van der Waals surface area contributed by atoms with Gasteiger partial charge in [0.15, 0.2) is 0 Å². The van der Waals surface area contributed by atoms with E-state index in [0.717, 1.165) is 0 Å². The predicted octanol–water partition coefficient (Wildman–Crippen LogP) is 3.15. The number of rotatable bonds is 3. The van der Waals surface area contributed by atoms with E-state index in [9.17, 15) is 18.3 Å². The zero-order valence-corrected chi connectivity index (χ0v) is 12.2. The topological polar surface area (TPSA) is 81.3 Å². The second-order valence-corrected chi connectivity index (χ2v) is 5.04. The third kappa shape index (κ3) is 3.44. The van der Waals surface area contributed by atoms with Crippen LogP contribution >= 0.6 is 0 Å². The monoisotopic (exact) mass is 335 g/mol. The average molecular weight is 335 g/mol. The molecule has 1 atom stereocenters. The second-order valence-electron chi connectivity index (χ2n) is 5.04. The summed E-state index contributed by atoms with van der Waals surface area (Å²) in [5, 5.41) is 10.1. The number of benzene rings is 1. The number of aromatic nitrogens is 2. The molecule has 0 aliphatic rings. The van der Waals surface area contributed by atoms with Crippen molar-refractivity contribution in [2.24, 2.45) is 5.73 Å². The van der Waals surface area contributed by atoms with Gasteiger partial charge in [-0.2, -0.15) is 0 Å². The summed E-state index contributed by atoms with van der Waals surface area (Å²) in [5.41, 5.74) is 7.38. The zero-order chi connectivity index (χ0) is 17.3. The molecule has 1 unspecified atom stereocenters. The molecule has 5 nitrogen and oxygen atoms in total. The molecule has 2 aromatic heterocycles. The summed E-state index contributed by atoms with van der Waals surface area (Å²) in [6, 6.07) is 7.18. The number of halogens is 3. The molecule has 0 aliphatic carbocycles. The molecule has 3 aromatic rings. The van der Waals surface area contributed by atoms with Gasteiger partial charge in [-0.3, -0.25) is 9.97 Å². The van der Waals surface area contributed by atoms with E-state index in [2.05, 4.69) is 14.7 Å². The van der Waals surface area contributed by atoms with Crippen LogP contribution < -0.4 is 10.5 Å². The minimum absolute atomic E-state index is 0.333. The standard InChI is InChI=1S/C16H12F3N3O2/c17-16(18,19)24-11-3-1-2-9(4-11)13-7-21-8-14-12(13)5-10(6-22-14)15(20)23/h1-8,15,23H,20H2. The summed E-state index contributed by atoms with van der Waals surface area (Å²) >= 11 is 0. The van der Waals surface area contributed by atoms with E-state index < -0.39 is 12.6 Å². The maximum atomic E-state index is 12.4. The molecular weight excluding hydrogens is 323 g/mol. The van der Waals surface area contributed by atoms with Crippen LogP contribution in [0.25, 0.3) is 22.0 Å². The van der Waals surface area contributed by atoms with Crippen molar-refractivity contribution < 1.29 is 23.0 Å². The van der Waals surface area contributed by atoms with Gasteiger partial charge in [-0.25, -0.2) is 0 Å². The molecule has 0 bridgehead atoms. The largest absolute Gasteiger partial charge is 0.573 e. The fraction of sp³-hybridized carbons (Fsp3) is 0.125. The summed E-state index contributed by atoms with van der Waals surface area (Å²) < 4.78 is 41.1. The minimum atomic E-state index is -4.77. The molecule has 0 spiro atoms. The number of pyridine rings is 2. The molecule has 3 rings (SSSR count). The number of ether oxygens (including phenoxy) is 1. The van der Waals surface area contributed by atoms with Gasteiger partial charge < -0.3 is 15.6 Å². The van der Waals surface area contributed by atoms with Crippen molar-refractivity contribution in [1.29, 1.82) is 0 Å². The molecule has 0 amide bonds. The van der Waals surface area contributed by atoms with Gasteiger partial charge in [0, 0.05) is 28.9 Å². The summed E-state index contributed by atoms with van der Waals surface area (Å²) in [4.78, 5) is 8.21. The number of nitrogens with zero attached hydrogens (tertiary/aromatic N) is 2. The predicted molar refractivity (Wildman–Crippen MR) is 80.8 cm³/mol. The highest BCUT2D eigenvalue weighted by molar-refractivity contribution is 5.94. The van der Waals surface area contributed by atoms with Crippen LogP contribution in [0.3, 0.4) is 0 Å². The first-order valence-electron chi connectivity index (χ1n) is 6.87. The Balaban J connectivity index is 2.12. The Morgan fingerprint density at radius 2 is 1.92 bits per heavy atom. The van der Waals surface area contributed by atoms with Crippen LogP contribution in [0.15, 0.2) is 48.9 Å². The van der Waals surface area contributed by atoms with Crippen molar-refractivity contribution in [3.8, 4) is 16.9 Å². The SMILES string of the molecule is NC(O)c1cnc2cncc(-c3cccc(OC(F)(F)F)c3)c2c1. The highest BCUT2D eigenvalue weighted by Gasteiger charge is 2.31. The van der Waals surface area contributed by atoms with E-state index in [1.54, 1.807) is 12.1 Å². The van der Waals surface area contributed by atoms with Gasteiger partial charge in [0.25, 0.3) is 0 Å². The quantitative estimate of drug-likeness (QED) is 0.719. The van der Waals surface area contributed by atoms with Gasteiger partial charge in [-0.15, -0.1) is 13.2 Å². The summed E-state index contributed by atoms with van der Waals surface area (Å²) in [7, 11) is 0. The van der Waals surface area contributed by atoms with E-state index >= 15 is 0 Å². The van der Waals surface area contributed by atoms with E-state index in [-0.39, 0.29) is 5.75 Å². The Hall–Kier alpha value is -2.71. The maximum Gasteiger partial charge on any atom is 0.573 e. The van der Waals surface area contributed by atoms with Crippen molar-refractivity contribution in [2.75, 3.05) is 0 Å². The molecule has 0 fully saturated rings. The Morgan fingerprint density at radius 3 is 2.62 bits per heavy atom. The maximum absolute atomic E-state index is 12.4. The number of nitrogens with two attached hydrogens (primary N) is 1. The smallest absolute Gasteiger partial charge is 0.406 e. The van der Waals surface area contributed by atoms with Gasteiger partial charge in [0.2, 0.25) is 0 Å². The van der Waals surface area contributed by atoms with E-state index in [1.807, 2.05) is 0 Å². The van der Waals surface area contributed by atoms with E-state index in [4.69, 9.17) is 5.73 Å². The lowest BCUT2D eigenvalue weighted by atomic mass is 10.0. The lowest BCUT2D eigenvalue weighted by Gasteiger charge is -2.12. The average Bonchev–Trinajstić information content (AvgIpc) is 2.52. The first-order valence-corrected chi connectivity index (χ1v) is 6.87. The Morgan fingerprint density at radius 1 is 1.12 bits per heavy atom. The molecule has 1 aromatic carbocycles. The fourth-order valence-electron chi connectivity index (χ4n) is 2.31. The number of hydrogen-bond donors (Lipinski definition) is 2. The van der Waals surface area contributed by atoms with Crippen LogP contribution in [0.5, 0.6) is 5.75 Å². The number of hydrogen-bond acceptors (Lipinski definition) is 5. The van der Waals surface area contributed by atoms with Crippen LogP contribution in [-0.2, 0) is 0 Å². The highest BCUT2D eigenvalue weighted by atomic mass is 19.4. The van der Waals surface area contributed by atoms with Crippen LogP contribution in [0.2, 0.25) is 0 Å². The summed E-state index contributed by atoms with van der Waals surface area (Å²) in [5.74, 6) is -0.333. The van der Waals surface area contributed by atoms with Crippen molar-refractivity contribution in [2.45, 2.75) is 12.6 Å². The Bertz CT molecular complexity index is 882. The van der Waals surface area contributed by atoms with Gasteiger partial charge in [0.05, 0.1) is 11.7 Å². The lowest BCUT2D eigenvalue weighted by molar-refractivity contribution is -0.274. The first kappa shape index (κ1) is 16.2. The van der Waals surface area contributed by atoms with Gasteiger partial charge in [-0.05, 0) is 23.8 Å². The van der Waals surface area contributed by atoms with Crippen LogP contribution in [0, 0.1) is 0 Å². The molecule has 8 heteroatoms. The molecule has 24 heavy (non-hydrogen) atoms. The minimum Gasteiger partial charge on any atom is -0.406 e. The molecule has 124 valence electrons. The zero-order valence-electron chi connectivity index (χ0n) is 12.2. The van der Waals surface area contributed by atoms with Crippen LogP contribution in [-0.4, -0.2) is 21.4 Å². The molecule has 0 radical (unpaired) electrons. The number of aliphatic hydroxyl groups excluding tert-OH is 1. The Kier molecular flexibility index (Phi) is 4.08. The number of alkyl halides is 3. The van der Waals surface area contributed by atoms with Crippen LogP contribution in [0.4, 0.5) is 13.2 Å². The highest BCUT2D eigenvalue weighted by Crippen LogP contribution is 2.32. The fourth-order valence-corrected chi connectivity index (χ4v) is 2.31. The third-order valence-electron chi connectivity index (χ3n) is 3.35.